The van der Waals surface area contributed by atoms with Gasteiger partial charge in [-0.1, -0.05) is 6.42 Å². The molecule has 0 unspecified atom stereocenters. The Morgan fingerprint density at radius 3 is 2.51 bits per heavy atom. The highest BCUT2D eigenvalue weighted by Gasteiger charge is 2.39. The van der Waals surface area contributed by atoms with Gasteiger partial charge < -0.3 is 30.9 Å². The van der Waals surface area contributed by atoms with Crippen molar-refractivity contribution in [3.63, 3.8) is 0 Å². The van der Waals surface area contributed by atoms with E-state index in [0.29, 0.717) is 42.5 Å². The number of aromatic nitrogens is 2. The number of ether oxygens (including phenoxy) is 1. The third kappa shape index (κ3) is 7.78. The van der Waals surface area contributed by atoms with Gasteiger partial charge in [-0.2, -0.15) is 18.2 Å². The minimum absolute atomic E-state index is 0.0777. The molecular formula is C28H38F3N7O3. The normalized spacial score (nSPS) is 20.1. The zero-order valence-electron chi connectivity index (χ0n) is 23.8. The minimum atomic E-state index is -4.70. The summed E-state index contributed by atoms with van der Waals surface area (Å²) in [7, 11) is 3.48. The number of likely N-dealkylation sites (tertiary alicyclic amines) is 1. The molecule has 1 aliphatic heterocycles. The Bertz CT molecular complexity index is 1230. The van der Waals surface area contributed by atoms with E-state index in [2.05, 4.69) is 36.1 Å². The van der Waals surface area contributed by atoms with Gasteiger partial charge in [0.15, 0.2) is 0 Å². The zero-order chi connectivity index (χ0) is 29.7. The van der Waals surface area contributed by atoms with Gasteiger partial charge in [0.1, 0.15) is 17.1 Å². The predicted octanol–water partition coefficient (Wildman–Crippen LogP) is 4.18. The predicted molar refractivity (Wildman–Crippen MR) is 149 cm³/mol. The average Bonchev–Trinajstić information content (AvgIpc) is 3.37. The van der Waals surface area contributed by atoms with Crippen molar-refractivity contribution in [3.05, 3.63) is 35.5 Å². The topological polar surface area (TPSA) is 121 Å². The van der Waals surface area contributed by atoms with Crippen LogP contribution in [-0.4, -0.2) is 72.1 Å². The Balaban J connectivity index is 1.52. The molecule has 1 aromatic carbocycles. The number of amides is 2. The average molecular weight is 578 g/mol. The lowest BCUT2D eigenvalue weighted by Gasteiger charge is -2.29. The van der Waals surface area contributed by atoms with E-state index in [-0.39, 0.29) is 29.8 Å². The summed E-state index contributed by atoms with van der Waals surface area (Å²) >= 11 is 0. The van der Waals surface area contributed by atoms with Crippen LogP contribution in [0.4, 0.5) is 30.6 Å². The van der Waals surface area contributed by atoms with Gasteiger partial charge in [-0.05, 0) is 77.9 Å². The summed E-state index contributed by atoms with van der Waals surface area (Å²) in [6.07, 6.45) is -0.436. The number of rotatable bonds is 9. The molecule has 1 saturated heterocycles. The van der Waals surface area contributed by atoms with Gasteiger partial charge in [0, 0.05) is 29.9 Å². The number of anilines is 3. The van der Waals surface area contributed by atoms with E-state index >= 15 is 0 Å². The van der Waals surface area contributed by atoms with Gasteiger partial charge in [-0.3, -0.25) is 9.59 Å². The Morgan fingerprint density at radius 1 is 1.12 bits per heavy atom. The van der Waals surface area contributed by atoms with E-state index in [9.17, 15) is 22.8 Å². The molecule has 13 heteroatoms. The van der Waals surface area contributed by atoms with Crippen molar-refractivity contribution >= 4 is 29.3 Å². The van der Waals surface area contributed by atoms with Crippen LogP contribution < -0.4 is 26.0 Å². The maximum Gasteiger partial charge on any atom is 0.421 e. The quantitative estimate of drug-likeness (QED) is 0.351. The van der Waals surface area contributed by atoms with Crippen molar-refractivity contribution in [2.24, 2.45) is 5.92 Å². The Morgan fingerprint density at radius 2 is 1.85 bits per heavy atom. The largest absolute Gasteiger partial charge is 0.495 e. The molecular weight excluding hydrogens is 539 g/mol. The third-order valence-electron chi connectivity index (χ3n) is 7.46. The van der Waals surface area contributed by atoms with Crippen LogP contribution in [-0.2, 0) is 11.0 Å². The maximum absolute atomic E-state index is 13.9. The van der Waals surface area contributed by atoms with E-state index in [1.165, 1.54) is 7.11 Å². The highest BCUT2D eigenvalue weighted by atomic mass is 19.4. The molecule has 4 rings (SSSR count). The number of hydrogen-bond donors (Lipinski definition) is 4. The van der Waals surface area contributed by atoms with E-state index in [1.807, 2.05) is 20.9 Å². The van der Waals surface area contributed by atoms with E-state index in [1.54, 1.807) is 18.2 Å². The summed E-state index contributed by atoms with van der Waals surface area (Å²) in [5, 5.41) is 11.7. The lowest BCUT2D eigenvalue weighted by molar-refractivity contribution is -0.137. The molecule has 0 radical (unpaired) electrons. The molecule has 224 valence electrons. The number of methoxy groups -OCH3 is 1. The SMILES string of the molecule is COc1cc(C(=O)NC2CCN(C)CC2)ccc1Nc1ncc(C(F)(F)F)c(N[C@@H]2CCC[C@@H]2C(=O)NC(C)C)n1. The fraction of sp³-hybridized carbons (Fsp3) is 0.571. The molecule has 2 heterocycles. The summed E-state index contributed by atoms with van der Waals surface area (Å²) in [5.41, 5.74) is -0.246. The van der Waals surface area contributed by atoms with Crippen molar-refractivity contribution in [3.8, 4) is 5.75 Å². The molecule has 2 amide bonds. The Labute approximate surface area is 237 Å². The van der Waals surface area contributed by atoms with Crippen LogP contribution in [0.15, 0.2) is 24.4 Å². The van der Waals surface area contributed by atoms with E-state index in [4.69, 9.17) is 4.74 Å². The lowest BCUT2D eigenvalue weighted by atomic mass is 10.0. The highest BCUT2D eigenvalue weighted by Crippen LogP contribution is 2.37. The van der Waals surface area contributed by atoms with Crippen LogP contribution in [0.5, 0.6) is 5.75 Å². The molecule has 2 fully saturated rings. The van der Waals surface area contributed by atoms with Crippen molar-refractivity contribution in [2.75, 3.05) is 37.9 Å². The summed E-state index contributed by atoms with van der Waals surface area (Å²) in [6, 6.07) is 4.27. The van der Waals surface area contributed by atoms with Gasteiger partial charge in [0.2, 0.25) is 11.9 Å². The highest BCUT2D eigenvalue weighted by molar-refractivity contribution is 5.95. The monoisotopic (exact) mass is 577 g/mol. The fourth-order valence-electron chi connectivity index (χ4n) is 5.25. The van der Waals surface area contributed by atoms with Crippen LogP contribution in [0.2, 0.25) is 0 Å². The number of benzene rings is 1. The smallest absolute Gasteiger partial charge is 0.421 e. The van der Waals surface area contributed by atoms with Gasteiger partial charge in [-0.15, -0.1) is 0 Å². The van der Waals surface area contributed by atoms with Gasteiger partial charge in [0.25, 0.3) is 5.91 Å². The van der Waals surface area contributed by atoms with E-state index < -0.39 is 29.5 Å². The van der Waals surface area contributed by atoms with Gasteiger partial charge >= 0.3 is 6.18 Å². The molecule has 1 aliphatic carbocycles. The fourth-order valence-corrected chi connectivity index (χ4v) is 5.25. The number of carbonyl (C=O) groups excluding carboxylic acids is 2. The number of halogens is 3. The third-order valence-corrected chi connectivity index (χ3v) is 7.46. The molecule has 0 bridgehead atoms. The summed E-state index contributed by atoms with van der Waals surface area (Å²) in [6.45, 7) is 5.49. The molecule has 2 aromatic rings. The first-order valence-electron chi connectivity index (χ1n) is 13.9. The standard InChI is InChI=1S/C28H38F3N7O3/c1-16(2)33-26(40)19-6-5-7-21(19)35-24-20(28(29,30)31)15-32-27(37-24)36-22-9-8-17(14-23(22)41-4)25(39)34-18-10-12-38(3)13-11-18/h8-9,14-16,18-19,21H,5-7,10-13H2,1-4H3,(H,33,40)(H,34,39)(H2,32,35,36,37)/t19-,21+/m0/s1. The Kier molecular flexibility index (Phi) is 9.57. The molecule has 4 N–H and O–H groups in total. The summed E-state index contributed by atoms with van der Waals surface area (Å²) in [5.74, 6) is -1.09. The summed E-state index contributed by atoms with van der Waals surface area (Å²) in [4.78, 5) is 35.7. The first-order chi connectivity index (χ1) is 19.4. The van der Waals surface area contributed by atoms with Crippen LogP contribution in [0, 0.1) is 5.92 Å². The number of hydrogen-bond acceptors (Lipinski definition) is 8. The number of alkyl halides is 3. The van der Waals surface area contributed by atoms with E-state index in [0.717, 1.165) is 25.9 Å². The number of piperidine rings is 1. The second-order valence-corrected chi connectivity index (χ2v) is 11.0. The van der Waals surface area contributed by atoms with Crippen molar-refractivity contribution in [1.29, 1.82) is 0 Å². The van der Waals surface area contributed by atoms with Gasteiger partial charge in [-0.25, -0.2) is 4.98 Å². The lowest BCUT2D eigenvalue weighted by Crippen LogP contribution is -2.43. The first kappa shape index (κ1) is 30.4. The van der Waals surface area contributed by atoms with Crippen LogP contribution in [0.1, 0.15) is 61.9 Å². The molecule has 2 aliphatic rings. The van der Waals surface area contributed by atoms with Crippen molar-refractivity contribution < 1.29 is 27.5 Å². The second kappa shape index (κ2) is 12.9. The number of nitrogens with zero attached hydrogens (tertiary/aromatic N) is 3. The molecule has 1 saturated carbocycles. The molecule has 2 atom stereocenters. The van der Waals surface area contributed by atoms with Crippen molar-refractivity contribution in [2.45, 2.75) is 70.3 Å². The van der Waals surface area contributed by atoms with Gasteiger partial charge in [0.05, 0.1) is 18.7 Å². The Hall–Kier alpha value is -3.61. The summed E-state index contributed by atoms with van der Waals surface area (Å²) < 4.78 is 47.0. The zero-order valence-corrected chi connectivity index (χ0v) is 23.8. The van der Waals surface area contributed by atoms with Crippen molar-refractivity contribution in [1.82, 2.24) is 25.5 Å². The van der Waals surface area contributed by atoms with Crippen LogP contribution in [0.25, 0.3) is 0 Å². The number of nitrogens with one attached hydrogen (secondary N) is 4. The maximum atomic E-state index is 13.9. The molecule has 10 nitrogen and oxygen atoms in total. The molecule has 41 heavy (non-hydrogen) atoms. The molecule has 0 spiro atoms. The first-order valence-corrected chi connectivity index (χ1v) is 13.9. The van der Waals surface area contributed by atoms with Crippen LogP contribution in [0.3, 0.4) is 0 Å². The second-order valence-electron chi connectivity index (χ2n) is 11.0. The molecule has 1 aromatic heterocycles. The number of carbonyl (C=O) groups is 2. The van der Waals surface area contributed by atoms with Crippen LogP contribution >= 0.6 is 0 Å². The minimum Gasteiger partial charge on any atom is -0.495 e.